The zero-order chi connectivity index (χ0) is 11.3. The van der Waals surface area contributed by atoms with Crippen LogP contribution in [0, 0.1) is 0 Å². The first-order chi connectivity index (χ1) is 7.12. The van der Waals surface area contributed by atoms with Crippen molar-refractivity contribution in [2.75, 3.05) is 13.2 Å². The maximum absolute atomic E-state index is 5.80. The van der Waals surface area contributed by atoms with Crippen molar-refractivity contribution >= 4 is 29.7 Å². The van der Waals surface area contributed by atoms with Gasteiger partial charge in [-0.05, 0) is 37.7 Å². The normalized spacial score (nSPS) is 11.7. The highest BCUT2D eigenvalue weighted by Crippen LogP contribution is 2.11. The zero-order valence-corrected chi connectivity index (χ0v) is 12.0. The van der Waals surface area contributed by atoms with E-state index >= 15 is 0 Å². The molecule has 15 heavy (non-hydrogen) atoms. The van der Waals surface area contributed by atoms with Crippen LogP contribution >= 0.6 is 15.9 Å². The van der Waals surface area contributed by atoms with Crippen LogP contribution in [0.15, 0.2) is 28.7 Å². The van der Waals surface area contributed by atoms with E-state index < -0.39 is 8.56 Å². The molecule has 0 amide bonds. The third-order valence-electron chi connectivity index (χ3n) is 2.21. The van der Waals surface area contributed by atoms with E-state index in [-0.39, 0.29) is 0 Å². The molecule has 0 aliphatic rings. The molecule has 4 heteroatoms. The predicted octanol–water partition coefficient (Wildman–Crippen LogP) is 2.80. The summed E-state index contributed by atoms with van der Waals surface area (Å²) in [5.41, 5.74) is 0. The summed E-state index contributed by atoms with van der Waals surface area (Å²) in [6, 6.07) is 8.19. The molecule has 0 N–H and O–H groups in total. The molecule has 0 unspecified atom stereocenters. The largest absolute Gasteiger partial charge is 0.391 e. The SMILES string of the molecule is CCO[Si](C)(OCC)c1ccc(Br)cc1. The van der Waals surface area contributed by atoms with Crippen molar-refractivity contribution in [2.45, 2.75) is 20.4 Å². The predicted molar refractivity (Wildman–Crippen MR) is 68.6 cm³/mol. The van der Waals surface area contributed by atoms with Crippen LogP contribution in [-0.4, -0.2) is 21.8 Å². The lowest BCUT2D eigenvalue weighted by molar-refractivity contribution is 0.202. The minimum Gasteiger partial charge on any atom is -0.391 e. The van der Waals surface area contributed by atoms with Gasteiger partial charge in [-0.15, -0.1) is 0 Å². The van der Waals surface area contributed by atoms with Crippen LogP contribution in [-0.2, 0) is 8.85 Å². The van der Waals surface area contributed by atoms with E-state index in [4.69, 9.17) is 8.85 Å². The monoisotopic (exact) mass is 288 g/mol. The van der Waals surface area contributed by atoms with E-state index in [0.29, 0.717) is 13.2 Å². The van der Waals surface area contributed by atoms with Gasteiger partial charge in [-0.3, -0.25) is 0 Å². The molecule has 0 aliphatic heterocycles. The van der Waals surface area contributed by atoms with Crippen LogP contribution in [0.3, 0.4) is 0 Å². The number of benzene rings is 1. The van der Waals surface area contributed by atoms with Crippen molar-refractivity contribution in [3.05, 3.63) is 28.7 Å². The standard InChI is InChI=1S/C11H17BrO2Si/c1-4-13-15(3,14-5-2)11-8-6-10(12)7-9-11/h6-9H,4-5H2,1-3H3. The van der Waals surface area contributed by atoms with E-state index in [1.807, 2.05) is 26.0 Å². The van der Waals surface area contributed by atoms with Crippen LogP contribution in [0.1, 0.15) is 13.8 Å². The summed E-state index contributed by atoms with van der Waals surface area (Å²) in [7, 11) is -2.17. The number of rotatable bonds is 5. The fourth-order valence-electron chi connectivity index (χ4n) is 1.51. The fraction of sp³-hybridized carbons (Fsp3) is 0.455. The summed E-state index contributed by atoms with van der Waals surface area (Å²) in [5, 5.41) is 1.18. The van der Waals surface area contributed by atoms with Crippen molar-refractivity contribution < 1.29 is 8.85 Å². The summed E-state index contributed by atoms with van der Waals surface area (Å²) in [5.74, 6) is 0. The Labute approximate surface area is 101 Å². The highest BCUT2D eigenvalue weighted by molar-refractivity contribution is 9.10. The molecule has 0 fully saturated rings. The van der Waals surface area contributed by atoms with Gasteiger partial charge in [-0.1, -0.05) is 28.1 Å². The molecule has 1 rings (SSSR count). The van der Waals surface area contributed by atoms with Gasteiger partial charge in [0.1, 0.15) is 0 Å². The van der Waals surface area contributed by atoms with Gasteiger partial charge in [0.2, 0.25) is 0 Å². The first kappa shape index (κ1) is 12.9. The highest BCUT2D eigenvalue weighted by atomic mass is 79.9. The molecule has 0 saturated heterocycles. The van der Waals surface area contributed by atoms with Crippen LogP contribution in [0.25, 0.3) is 0 Å². The summed E-state index contributed by atoms with van der Waals surface area (Å²) in [6.07, 6.45) is 0. The Hall–Kier alpha value is -0.163. The van der Waals surface area contributed by atoms with E-state index in [1.165, 1.54) is 5.19 Å². The minimum atomic E-state index is -2.17. The third kappa shape index (κ3) is 3.41. The van der Waals surface area contributed by atoms with Gasteiger partial charge in [0, 0.05) is 17.7 Å². The first-order valence-electron chi connectivity index (χ1n) is 5.16. The van der Waals surface area contributed by atoms with Crippen molar-refractivity contribution in [3.8, 4) is 0 Å². The van der Waals surface area contributed by atoms with Gasteiger partial charge >= 0.3 is 8.56 Å². The molecule has 0 aromatic heterocycles. The van der Waals surface area contributed by atoms with Crippen LogP contribution < -0.4 is 5.19 Å². The Balaban J connectivity index is 2.92. The molecule has 84 valence electrons. The number of halogens is 1. The molecule has 0 heterocycles. The molecular weight excluding hydrogens is 272 g/mol. The topological polar surface area (TPSA) is 18.5 Å². The summed E-state index contributed by atoms with van der Waals surface area (Å²) >= 11 is 3.42. The quantitative estimate of drug-likeness (QED) is 0.776. The molecule has 0 spiro atoms. The lowest BCUT2D eigenvalue weighted by Crippen LogP contribution is -2.51. The van der Waals surface area contributed by atoms with Crippen molar-refractivity contribution in [2.24, 2.45) is 0 Å². The Kier molecular flexibility index (Phi) is 4.98. The van der Waals surface area contributed by atoms with Gasteiger partial charge in [0.15, 0.2) is 0 Å². The van der Waals surface area contributed by atoms with Gasteiger partial charge < -0.3 is 8.85 Å². The highest BCUT2D eigenvalue weighted by Gasteiger charge is 2.33. The van der Waals surface area contributed by atoms with Gasteiger partial charge in [0.25, 0.3) is 0 Å². The molecule has 0 aliphatic carbocycles. The molecule has 0 atom stereocenters. The lowest BCUT2D eigenvalue weighted by atomic mass is 10.4. The number of hydrogen-bond acceptors (Lipinski definition) is 2. The van der Waals surface area contributed by atoms with Crippen molar-refractivity contribution in [1.82, 2.24) is 0 Å². The van der Waals surface area contributed by atoms with E-state index in [2.05, 4.69) is 34.6 Å². The molecule has 1 aromatic rings. The summed E-state index contributed by atoms with van der Waals surface area (Å²) in [4.78, 5) is 0. The second-order valence-corrected chi connectivity index (χ2v) is 7.28. The van der Waals surface area contributed by atoms with Crippen LogP contribution in [0.4, 0.5) is 0 Å². The average molecular weight is 289 g/mol. The second kappa shape index (κ2) is 5.79. The van der Waals surface area contributed by atoms with E-state index in [0.717, 1.165) is 4.47 Å². The third-order valence-corrected chi connectivity index (χ3v) is 5.80. The maximum Gasteiger partial charge on any atom is 0.369 e. The van der Waals surface area contributed by atoms with Gasteiger partial charge in [0.05, 0.1) is 0 Å². The van der Waals surface area contributed by atoms with Crippen molar-refractivity contribution in [3.63, 3.8) is 0 Å². The molecule has 2 nitrogen and oxygen atoms in total. The molecular formula is C11H17BrO2Si. The fourth-order valence-corrected chi connectivity index (χ4v) is 4.07. The van der Waals surface area contributed by atoms with Gasteiger partial charge in [-0.25, -0.2) is 0 Å². The summed E-state index contributed by atoms with van der Waals surface area (Å²) < 4.78 is 12.7. The lowest BCUT2D eigenvalue weighted by Gasteiger charge is -2.26. The molecule has 0 radical (unpaired) electrons. The van der Waals surface area contributed by atoms with Crippen molar-refractivity contribution in [1.29, 1.82) is 0 Å². The Morgan fingerprint density at radius 2 is 1.53 bits per heavy atom. The average Bonchev–Trinajstić information content (AvgIpc) is 2.19. The Bertz CT molecular complexity index is 294. The van der Waals surface area contributed by atoms with E-state index in [9.17, 15) is 0 Å². The zero-order valence-electron chi connectivity index (χ0n) is 9.42. The molecule has 0 saturated carbocycles. The smallest absolute Gasteiger partial charge is 0.369 e. The maximum atomic E-state index is 5.80. The van der Waals surface area contributed by atoms with E-state index in [1.54, 1.807) is 0 Å². The Morgan fingerprint density at radius 3 is 1.93 bits per heavy atom. The number of hydrogen-bond donors (Lipinski definition) is 0. The Morgan fingerprint density at radius 1 is 1.07 bits per heavy atom. The van der Waals surface area contributed by atoms with Gasteiger partial charge in [-0.2, -0.15) is 0 Å². The summed E-state index contributed by atoms with van der Waals surface area (Å²) in [6.45, 7) is 7.48. The minimum absolute atomic E-state index is 0.693. The second-order valence-electron chi connectivity index (χ2n) is 3.32. The van der Waals surface area contributed by atoms with Crippen LogP contribution in [0.2, 0.25) is 6.55 Å². The first-order valence-corrected chi connectivity index (χ1v) is 8.27. The molecule has 0 bridgehead atoms. The van der Waals surface area contributed by atoms with Crippen LogP contribution in [0.5, 0.6) is 0 Å². The molecule has 1 aromatic carbocycles.